The summed E-state index contributed by atoms with van der Waals surface area (Å²) in [5.74, 6) is 1.36. The Kier molecular flexibility index (Phi) is 4.01. The first-order valence-electron chi connectivity index (χ1n) is 9.97. The minimum absolute atomic E-state index is 0.0530. The van der Waals surface area contributed by atoms with Gasteiger partial charge in [0.2, 0.25) is 0 Å². The third-order valence-electron chi connectivity index (χ3n) is 6.62. The lowest BCUT2D eigenvalue weighted by Crippen LogP contribution is -2.45. The molecule has 0 aromatic heterocycles. The monoisotopic (exact) mass is 373 g/mol. The van der Waals surface area contributed by atoms with E-state index in [1.165, 1.54) is 24.1 Å². The molecule has 0 bridgehead atoms. The fourth-order valence-corrected chi connectivity index (χ4v) is 5.39. The highest BCUT2D eigenvalue weighted by atomic mass is 16.5. The maximum absolute atomic E-state index is 13.4. The zero-order chi connectivity index (χ0) is 19.3. The molecule has 0 radical (unpaired) electrons. The Balaban J connectivity index is 1.55. The van der Waals surface area contributed by atoms with E-state index in [-0.39, 0.29) is 11.9 Å². The van der Waals surface area contributed by atoms with Crippen molar-refractivity contribution in [3.8, 4) is 11.8 Å². The fraction of sp³-hybridized carbons (Fsp3) is 0.391. The van der Waals surface area contributed by atoms with Gasteiger partial charge in [0.25, 0.3) is 5.91 Å². The summed E-state index contributed by atoms with van der Waals surface area (Å²) in [6.07, 6.45) is 3.44. The van der Waals surface area contributed by atoms with Crippen LogP contribution in [0.25, 0.3) is 0 Å². The molecule has 1 amide bonds. The van der Waals surface area contributed by atoms with Crippen molar-refractivity contribution in [2.24, 2.45) is 5.92 Å². The van der Waals surface area contributed by atoms with Crippen LogP contribution in [0, 0.1) is 17.2 Å². The van der Waals surface area contributed by atoms with Crippen LogP contribution in [0.15, 0.2) is 42.5 Å². The van der Waals surface area contributed by atoms with Crippen LogP contribution >= 0.6 is 0 Å². The van der Waals surface area contributed by atoms with Crippen molar-refractivity contribution in [1.82, 2.24) is 4.90 Å². The predicted molar refractivity (Wildman–Crippen MR) is 106 cm³/mol. The van der Waals surface area contributed by atoms with Crippen LogP contribution in [0.5, 0.6) is 5.75 Å². The molecule has 2 aromatic carbocycles. The van der Waals surface area contributed by atoms with Crippen molar-refractivity contribution in [2.75, 3.05) is 25.1 Å². The number of likely N-dealkylation sites (tertiary alicyclic amines) is 1. The summed E-state index contributed by atoms with van der Waals surface area (Å²) in [4.78, 5) is 17.9. The first-order chi connectivity index (χ1) is 13.7. The van der Waals surface area contributed by atoms with Crippen LogP contribution < -0.4 is 9.64 Å². The lowest BCUT2D eigenvalue weighted by Gasteiger charge is -2.43. The normalized spacial score (nSPS) is 24.9. The topological polar surface area (TPSA) is 56.6 Å². The third-order valence-corrected chi connectivity index (χ3v) is 6.62. The molecule has 0 aliphatic carbocycles. The second kappa shape index (κ2) is 6.56. The molecule has 2 aromatic rings. The highest BCUT2D eigenvalue weighted by molar-refractivity contribution is 5.95. The number of anilines is 1. The van der Waals surface area contributed by atoms with Gasteiger partial charge in [0, 0.05) is 41.9 Å². The number of fused-ring (bicyclic) bond motifs is 6. The van der Waals surface area contributed by atoms with Gasteiger partial charge in [-0.05, 0) is 61.7 Å². The molecule has 142 valence electrons. The van der Waals surface area contributed by atoms with E-state index in [0.29, 0.717) is 23.1 Å². The van der Waals surface area contributed by atoms with Crippen molar-refractivity contribution in [1.29, 1.82) is 5.26 Å². The molecule has 2 saturated heterocycles. The molecule has 5 nitrogen and oxygen atoms in total. The summed E-state index contributed by atoms with van der Waals surface area (Å²) in [5.41, 5.74) is 3.69. The van der Waals surface area contributed by atoms with Crippen molar-refractivity contribution in [3.63, 3.8) is 0 Å². The van der Waals surface area contributed by atoms with Crippen LogP contribution in [-0.2, 0) is 0 Å². The summed E-state index contributed by atoms with van der Waals surface area (Å²) in [5, 5.41) is 9.02. The van der Waals surface area contributed by atoms with Crippen molar-refractivity contribution < 1.29 is 9.53 Å². The van der Waals surface area contributed by atoms with Gasteiger partial charge in [0.15, 0.2) is 0 Å². The number of amides is 1. The molecule has 28 heavy (non-hydrogen) atoms. The number of methoxy groups -OCH3 is 1. The molecule has 0 N–H and O–H groups in total. The minimum Gasteiger partial charge on any atom is -0.497 e. The van der Waals surface area contributed by atoms with Crippen LogP contribution in [0.4, 0.5) is 5.69 Å². The van der Waals surface area contributed by atoms with Crippen molar-refractivity contribution in [2.45, 2.75) is 31.3 Å². The van der Waals surface area contributed by atoms with Crippen molar-refractivity contribution in [3.05, 3.63) is 59.2 Å². The van der Waals surface area contributed by atoms with E-state index in [2.05, 4.69) is 23.1 Å². The number of nitriles is 1. The molecule has 0 unspecified atom stereocenters. The molecule has 3 aliphatic rings. The molecule has 2 fully saturated rings. The molecule has 5 heteroatoms. The highest BCUT2D eigenvalue weighted by Crippen LogP contribution is 2.52. The van der Waals surface area contributed by atoms with E-state index in [9.17, 15) is 4.79 Å². The standard InChI is InChI=1S/C23H23N3O2/c1-28-17-8-9-21-19(13-17)22-18(20-3-2-11-25(20)21)10-12-26(22)23(27)16-6-4-15(14-24)5-7-16/h4-9,13,18,20,22H,2-3,10-12H2,1H3/t18-,20-,22-/m1/s1. The van der Waals surface area contributed by atoms with Gasteiger partial charge in [0.1, 0.15) is 5.75 Å². The number of hydrogen-bond donors (Lipinski definition) is 0. The SMILES string of the molecule is COc1ccc2c(c1)[C@H]1[C@H](CCN1C(=O)c1ccc(C#N)cc1)[C@H]1CCCN21. The Morgan fingerprint density at radius 2 is 1.96 bits per heavy atom. The van der Waals surface area contributed by atoms with E-state index in [1.807, 2.05) is 11.0 Å². The minimum atomic E-state index is 0.0530. The number of carbonyl (C=O) groups is 1. The number of nitrogens with zero attached hydrogens (tertiary/aromatic N) is 3. The lowest BCUT2D eigenvalue weighted by atomic mass is 9.81. The Hall–Kier alpha value is -3.00. The zero-order valence-electron chi connectivity index (χ0n) is 16.0. The van der Waals surface area contributed by atoms with Gasteiger partial charge < -0.3 is 14.5 Å². The van der Waals surface area contributed by atoms with Crippen LogP contribution in [0.1, 0.15) is 46.8 Å². The molecular formula is C23H23N3O2. The number of carbonyl (C=O) groups excluding carboxylic acids is 1. The smallest absolute Gasteiger partial charge is 0.254 e. The van der Waals surface area contributed by atoms with Gasteiger partial charge in [-0.15, -0.1) is 0 Å². The Morgan fingerprint density at radius 3 is 2.71 bits per heavy atom. The average molecular weight is 373 g/mol. The van der Waals surface area contributed by atoms with E-state index >= 15 is 0 Å². The van der Waals surface area contributed by atoms with Crippen LogP contribution in [0.2, 0.25) is 0 Å². The van der Waals surface area contributed by atoms with E-state index in [0.717, 1.165) is 25.3 Å². The predicted octanol–water partition coefficient (Wildman–Crippen LogP) is 3.75. The van der Waals surface area contributed by atoms with Gasteiger partial charge in [-0.2, -0.15) is 5.26 Å². The number of benzene rings is 2. The number of ether oxygens (including phenoxy) is 1. The third kappa shape index (κ3) is 2.48. The number of hydrogen-bond acceptors (Lipinski definition) is 4. The van der Waals surface area contributed by atoms with Gasteiger partial charge in [-0.1, -0.05) is 0 Å². The first kappa shape index (κ1) is 17.1. The average Bonchev–Trinajstić information content (AvgIpc) is 3.40. The van der Waals surface area contributed by atoms with Gasteiger partial charge >= 0.3 is 0 Å². The zero-order valence-corrected chi connectivity index (χ0v) is 16.0. The molecule has 0 saturated carbocycles. The highest BCUT2D eigenvalue weighted by Gasteiger charge is 2.49. The second-order valence-corrected chi connectivity index (χ2v) is 7.91. The molecule has 3 aliphatic heterocycles. The summed E-state index contributed by atoms with van der Waals surface area (Å²) >= 11 is 0. The summed E-state index contributed by atoms with van der Waals surface area (Å²) in [7, 11) is 1.69. The largest absolute Gasteiger partial charge is 0.497 e. The number of rotatable bonds is 2. The van der Waals surface area contributed by atoms with Crippen LogP contribution in [0.3, 0.4) is 0 Å². The molecule has 5 rings (SSSR count). The molecule has 0 spiro atoms. The summed E-state index contributed by atoms with van der Waals surface area (Å²) in [6, 6.07) is 16.0. The summed E-state index contributed by atoms with van der Waals surface area (Å²) < 4.78 is 5.49. The Morgan fingerprint density at radius 1 is 1.14 bits per heavy atom. The Labute approximate surface area is 165 Å². The van der Waals surface area contributed by atoms with Gasteiger partial charge in [-0.3, -0.25) is 4.79 Å². The maximum Gasteiger partial charge on any atom is 0.254 e. The second-order valence-electron chi connectivity index (χ2n) is 7.91. The van der Waals surface area contributed by atoms with Crippen molar-refractivity contribution >= 4 is 11.6 Å². The molecular weight excluding hydrogens is 350 g/mol. The van der Waals surface area contributed by atoms with E-state index in [1.54, 1.807) is 31.4 Å². The maximum atomic E-state index is 13.4. The van der Waals surface area contributed by atoms with E-state index < -0.39 is 0 Å². The van der Waals surface area contributed by atoms with Gasteiger partial charge in [0.05, 0.1) is 24.8 Å². The quantitative estimate of drug-likeness (QED) is 0.804. The lowest BCUT2D eigenvalue weighted by molar-refractivity contribution is 0.0707. The summed E-state index contributed by atoms with van der Waals surface area (Å²) in [6.45, 7) is 1.87. The molecule has 3 atom stereocenters. The molecule has 3 heterocycles. The van der Waals surface area contributed by atoms with E-state index in [4.69, 9.17) is 10.00 Å². The van der Waals surface area contributed by atoms with Crippen LogP contribution in [-0.4, -0.2) is 37.0 Å². The first-order valence-corrected chi connectivity index (χ1v) is 9.97. The van der Waals surface area contributed by atoms with Gasteiger partial charge in [-0.25, -0.2) is 0 Å². The Bertz CT molecular complexity index is 963. The fourth-order valence-electron chi connectivity index (χ4n) is 5.39.